The number of nitrogen functional groups attached to an aromatic ring is 1. The molecule has 76 valence electrons. The minimum absolute atomic E-state index is 0.313. The smallest absolute Gasteiger partial charge is 0.221 e. The van der Waals surface area contributed by atoms with Gasteiger partial charge in [0.05, 0.1) is 12.6 Å². The average Bonchev–Trinajstić information content (AvgIpc) is 2.69. The second kappa shape index (κ2) is 3.79. The van der Waals surface area contributed by atoms with E-state index in [0.717, 1.165) is 25.5 Å². The molecule has 2 heterocycles. The Balaban J connectivity index is 2.13. The van der Waals surface area contributed by atoms with Gasteiger partial charge >= 0.3 is 0 Å². The molecule has 1 aromatic rings. The van der Waals surface area contributed by atoms with E-state index in [-0.39, 0.29) is 0 Å². The third kappa shape index (κ3) is 1.77. The van der Waals surface area contributed by atoms with E-state index in [9.17, 15) is 0 Å². The zero-order valence-electron chi connectivity index (χ0n) is 8.18. The summed E-state index contributed by atoms with van der Waals surface area (Å²) in [7, 11) is 2.00. The zero-order valence-corrected chi connectivity index (χ0v) is 8.18. The Labute approximate surface area is 82.9 Å². The maximum Gasteiger partial charge on any atom is 0.221 e. The van der Waals surface area contributed by atoms with Crippen molar-refractivity contribution in [3.63, 3.8) is 0 Å². The van der Waals surface area contributed by atoms with Crippen molar-refractivity contribution in [3.05, 3.63) is 12.3 Å². The predicted molar refractivity (Wildman–Crippen MR) is 54.1 cm³/mol. The predicted octanol–water partition coefficient (Wildman–Crippen LogP) is 0.284. The summed E-state index contributed by atoms with van der Waals surface area (Å²) in [5.41, 5.74) is 5.51. The molecule has 14 heavy (non-hydrogen) atoms. The van der Waals surface area contributed by atoms with E-state index in [1.54, 1.807) is 6.20 Å². The quantitative estimate of drug-likeness (QED) is 0.732. The lowest BCUT2D eigenvalue weighted by molar-refractivity contribution is 0.193. The van der Waals surface area contributed by atoms with Gasteiger partial charge < -0.3 is 15.4 Å². The van der Waals surface area contributed by atoms with Crippen molar-refractivity contribution >= 4 is 11.8 Å². The van der Waals surface area contributed by atoms with Crippen LogP contribution in [0.2, 0.25) is 0 Å². The molecule has 2 rings (SSSR count). The molecule has 1 atom stereocenters. The minimum atomic E-state index is 0.313. The van der Waals surface area contributed by atoms with Crippen LogP contribution in [-0.4, -0.2) is 36.3 Å². The fraction of sp³-hybridized carbons (Fsp3) is 0.556. The Morgan fingerprint density at radius 3 is 3.14 bits per heavy atom. The van der Waals surface area contributed by atoms with Crippen LogP contribution < -0.4 is 10.6 Å². The molecule has 0 radical (unpaired) electrons. The summed E-state index contributed by atoms with van der Waals surface area (Å²) in [6.45, 7) is 1.59. The topological polar surface area (TPSA) is 64.3 Å². The maximum absolute atomic E-state index is 5.51. The zero-order chi connectivity index (χ0) is 9.97. The molecule has 0 unspecified atom stereocenters. The van der Waals surface area contributed by atoms with E-state index in [1.807, 2.05) is 13.1 Å². The van der Waals surface area contributed by atoms with Crippen LogP contribution in [0.15, 0.2) is 12.3 Å². The van der Waals surface area contributed by atoms with Gasteiger partial charge in [0, 0.05) is 19.9 Å². The number of ether oxygens (including phenoxy) is 1. The van der Waals surface area contributed by atoms with Crippen molar-refractivity contribution < 1.29 is 4.74 Å². The van der Waals surface area contributed by atoms with Gasteiger partial charge in [-0.1, -0.05) is 0 Å². The first-order valence-electron chi connectivity index (χ1n) is 4.66. The Hall–Kier alpha value is -1.36. The van der Waals surface area contributed by atoms with Crippen molar-refractivity contribution in [1.29, 1.82) is 0 Å². The highest BCUT2D eigenvalue weighted by Crippen LogP contribution is 2.17. The van der Waals surface area contributed by atoms with Crippen molar-refractivity contribution in [2.45, 2.75) is 12.5 Å². The van der Waals surface area contributed by atoms with Crippen LogP contribution in [0, 0.1) is 0 Å². The van der Waals surface area contributed by atoms with E-state index >= 15 is 0 Å². The van der Waals surface area contributed by atoms with Crippen LogP contribution in [0.4, 0.5) is 11.8 Å². The first-order chi connectivity index (χ1) is 6.77. The van der Waals surface area contributed by atoms with E-state index in [2.05, 4.69) is 14.9 Å². The van der Waals surface area contributed by atoms with Gasteiger partial charge in [-0.15, -0.1) is 0 Å². The van der Waals surface area contributed by atoms with Gasteiger partial charge in [0.25, 0.3) is 0 Å². The highest BCUT2D eigenvalue weighted by atomic mass is 16.5. The molecule has 0 saturated carbocycles. The van der Waals surface area contributed by atoms with Crippen LogP contribution >= 0.6 is 0 Å². The lowest BCUT2D eigenvalue weighted by Crippen LogP contribution is -2.32. The molecular weight excluding hydrogens is 180 g/mol. The molecule has 1 aliphatic heterocycles. The third-order valence-corrected chi connectivity index (χ3v) is 2.47. The monoisotopic (exact) mass is 194 g/mol. The highest BCUT2D eigenvalue weighted by molar-refractivity contribution is 5.41. The number of hydrogen-bond donors (Lipinski definition) is 1. The Bertz CT molecular complexity index is 311. The van der Waals surface area contributed by atoms with Gasteiger partial charge in [0.2, 0.25) is 5.95 Å². The summed E-state index contributed by atoms with van der Waals surface area (Å²) in [6, 6.07) is 2.26. The van der Waals surface area contributed by atoms with Crippen molar-refractivity contribution in [3.8, 4) is 0 Å². The Kier molecular flexibility index (Phi) is 2.49. The summed E-state index contributed by atoms with van der Waals surface area (Å²) in [6.07, 6.45) is 2.71. The standard InChI is InChI=1S/C9H14N4O/c1-13(7-3-5-14-6-7)8-2-4-11-9(10)12-8/h2,4,7H,3,5-6H2,1H3,(H2,10,11,12)/t7-/m0/s1. The van der Waals surface area contributed by atoms with E-state index in [1.165, 1.54) is 0 Å². The van der Waals surface area contributed by atoms with E-state index in [0.29, 0.717) is 12.0 Å². The molecular formula is C9H14N4O. The number of aromatic nitrogens is 2. The summed E-state index contributed by atoms with van der Waals surface area (Å²) < 4.78 is 5.31. The molecule has 2 N–H and O–H groups in total. The van der Waals surface area contributed by atoms with Crippen LogP contribution in [-0.2, 0) is 4.74 Å². The summed E-state index contributed by atoms with van der Waals surface area (Å²) in [4.78, 5) is 10.1. The van der Waals surface area contributed by atoms with Gasteiger partial charge in [0.15, 0.2) is 0 Å². The van der Waals surface area contributed by atoms with Crippen LogP contribution in [0.5, 0.6) is 0 Å². The Morgan fingerprint density at radius 1 is 1.64 bits per heavy atom. The molecule has 0 aliphatic carbocycles. The van der Waals surface area contributed by atoms with Crippen LogP contribution in [0.25, 0.3) is 0 Å². The number of anilines is 2. The van der Waals surface area contributed by atoms with Gasteiger partial charge in [0.1, 0.15) is 5.82 Å². The van der Waals surface area contributed by atoms with Crippen molar-refractivity contribution in [1.82, 2.24) is 9.97 Å². The third-order valence-electron chi connectivity index (χ3n) is 2.47. The molecule has 0 amide bonds. The second-order valence-corrected chi connectivity index (χ2v) is 3.40. The lowest BCUT2D eigenvalue weighted by atomic mass is 10.2. The number of nitrogens with zero attached hydrogens (tertiary/aromatic N) is 3. The first-order valence-corrected chi connectivity index (χ1v) is 4.66. The molecule has 1 aromatic heterocycles. The van der Waals surface area contributed by atoms with E-state index < -0.39 is 0 Å². The lowest BCUT2D eigenvalue weighted by Gasteiger charge is -2.23. The summed E-state index contributed by atoms with van der Waals surface area (Å²) in [5, 5.41) is 0. The fourth-order valence-corrected chi connectivity index (χ4v) is 1.57. The molecule has 1 saturated heterocycles. The highest BCUT2D eigenvalue weighted by Gasteiger charge is 2.21. The van der Waals surface area contributed by atoms with Gasteiger partial charge in [-0.3, -0.25) is 0 Å². The van der Waals surface area contributed by atoms with Crippen LogP contribution in [0.3, 0.4) is 0 Å². The molecule has 5 heteroatoms. The molecule has 1 aliphatic rings. The van der Waals surface area contributed by atoms with Gasteiger partial charge in [-0.05, 0) is 12.5 Å². The molecule has 0 bridgehead atoms. The van der Waals surface area contributed by atoms with Crippen LogP contribution in [0.1, 0.15) is 6.42 Å². The molecule has 0 spiro atoms. The van der Waals surface area contributed by atoms with Gasteiger partial charge in [-0.25, -0.2) is 4.98 Å². The molecule has 1 fully saturated rings. The number of rotatable bonds is 2. The van der Waals surface area contributed by atoms with Crippen molar-refractivity contribution in [2.24, 2.45) is 0 Å². The largest absolute Gasteiger partial charge is 0.379 e. The van der Waals surface area contributed by atoms with Crippen molar-refractivity contribution in [2.75, 3.05) is 30.9 Å². The second-order valence-electron chi connectivity index (χ2n) is 3.40. The minimum Gasteiger partial charge on any atom is -0.379 e. The number of hydrogen-bond acceptors (Lipinski definition) is 5. The first kappa shape index (κ1) is 9.21. The van der Waals surface area contributed by atoms with E-state index in [4.69, 9.17) is 10.5 Å². The number of nitrogens with two attached hydrogens (primary N) is 1. The normalized spacial score (nSPS) is 21.1. The summed E-state index contributed by atoms with van der Waals surface area (Å²) in [5.74, 6) is 1.17. The maximum atomic E-state index is 5.51. The fourth-order valence-electron chi connectivity index (χ4n) is 1.57. The average molecular weight is 194 g/mol. The van der Waals surface area contributed by atoms with Gasteiger partial charge in [-0.2, -0.15) is 4.98 Å². The Morgan fingerprint density at radius 2 is 2.50 bits per heavy atom. The molecule has 5 nitrogen and oxygen atoms in total. The summed E-state index contributed by atoms with van der Waals surface area (Å²) >= 11 is 0. The number of likely N-dealkylation sites (N-methyl/N-ethyl adjacent to an activating group) is 1. The SMILES string of the molecule is CN(c1ccnc(N)n1)[C@H]1CCOC1. The molecule has 0 aromatic carbocycles.